The van der Waals surface area contributed by atoms with E-state index in [-0.39, 0.29) is 23.1 Å². The van der Waals surface area contributed by atoms with Gasteiger partial charge in [0.25, 0.3) is 0 Å². The molecule has 0 aromatic heterocycles. The number of carbonyl (C=O) groups is 2. The first-order chi connectivity index (χ1) is 12.6. The highest BCUT2D eigenvalue weighted by Crippen LogP contribution is 2.50. The van der Waals surface area contributed by atoms with Crippen molar-refractivity contribution >= 4 is 23.4 Å². The van der Waals surface area contributed by atoms with Gasteiger partial charge in [-0.2, -0.15) is 0 Å². The molecule has 6 heteroatoms. The number of ether oxygens (including phenoxy) is 1. The van der Waals surface area contributed by atoms with Crippen LogP contribution < -0.4 is 10.1 Å². The lowest BCUT2D eigenvalue weighted by Crippen LogP contribution is -2.44. The van der Waals surface area contributed by atoms with E-state index < -0.39 is 0 Å². The van der Waals surface area contributed by atoms with Crippen LogP contribution in [-0.4, -0.2) is 49.3 Å². The van der Waals surface area contributed by atoms with Gasteiger partial charge in [0.2, 0.25) is 11.8 Å². The Bertz CT molecular complexity index is 652. The summed E-state index contributed by atoms with van der Waals surface area (Å²) in [6.45, 7) is 2.27. The van der Waals surface area contributed by atoms with Crippen molar-refractivity contribution in [1.29, 1.82) is 0 Å². The number of alkyl halides is 1. The molecule has 1 saturated heterocycles. The van der Waals surface area contributed by atoms with E-state index in [9.17, 15) is 9.59 Å². The summed E-state index contributed by atoms with van der Waals surface area (Å²) >= 11 is 5.48. The molecule has 0 radical (unpaired) electrons. The number of amides is 2. The second-order valence-corrected chi connectivity index (χ2v) is 7.59. The molecule has 1 aromatic carbocycles. The molecule has 1 heterocycles. The summed E-state index contributed by atoms with van der Waals surface area (Å²) in [5, 5.41) is 2.82. The molecule has 0 unspecified atom stereocenters. The van der Waals surface area contributed by atoms with Crippen LogP contribution >= 0.6 is 11.6 Å². The zero-order valence-electron chi connectivity index (χ0n) is 15.3. The fourth-order valence-corrected chi connectivity index (χ4v) is 3.96. The third-order valence-corrected chi connectivity index (χ3v) is 5.92. The molecule has 2 amide bonds. The number of likely N-dealkylation sites (tertiary alicyclic amines) is 1. The van der Waals surface area contributed by atoms with Crippen LogP contribution in [0.25, 0.3) is 0 Å². The van der Waals surface area contributed by atoms with Crippen LogP contribution in [0.1, 0.15) is 37.7 Å². The van der Waals surface area contributed by atoms with Crippen LogP contribution in [-0.2, 0) is 15.0 Å². The second-order valence-electron chi connectivity index (χ2n) is 7.32. The molecule has 1 aromatic rings. The largest absolute Gasteiger partial charge is 0.497 e. The van der Waals surface area contributed by atoms with Crippen molar-refractivity contribution in [2.24, 2.45) is 5.92 Å². The van der Waals surface area contributed by atoms with E-state index >= 15 is 0 Å². The van der Waals surface area contributed by atoms with Crippen molar-refractivity contribution < 1.29 is 14.3 Å². The van der Waals surface area contributed by atoms with E-state index in [0.717, 1.165) is 56.5 Å². The normalized spacial score (nSPS) is 19.1. The standard InChI is InChI=1S/C20H27ClN2O3/c1-26-17-4-2-3-16(13-17)20(8-9-20)19(25)23-11-6-15(7-12-23)5-10-22-18(24)14-21/h2-4,13,15H,5-12,14H2,1H3,(H,22,24). The number of nitrogens with zero attached hydrogens (tertiary/aromatic N) is 1. The van der Waals surface area contributed by atoms with E-state index in [1.54, 1.807) is 7.11 Å². The molecule has 2 fully saturated rings. The number of methoxy groups -OCH3 is 1. The summed E-state index contributed by atoms with van der Waals surface area (Å²) in [6, 6.07) is 7.92. The number of piperidine rings is 1. The van der Waals surface area contributed by atoms with Crippen molar-refractivity contribution in [2.75, 3.05) is 32.6 Å². The Hall–Kier alpha value is -1.75. The van der Waals surface area contributed by atoms with Gasteiger partial charge in [0.1, 0.15) is 11.6 Å². The average molecular weight is 379 g/mol. The highest BCUT2D eigenvalue weighted by atomic mass is 35.5. The maximum absolute atomic E-state index is 13.1. The first-order valence-electron chi connectivity index (χ1n) is 9.35. The molecule has 142 valence electrons. The maximum Gasteiger partial charge on any atom is 0.234 e. The number of halogens is 1. The predicted octanol–water partition coefficient (Wildman–Crippen LogP) is 2.71. The van der Waals surface area contributed by atoms with E-state index in [2.05, 4.69) is 5.32 Å². The Morgan fingerprint density at radius 3 is 2.65 bits per heavy atom. The van der Waals surface area contributed by atoms with Gasteiger partial charge < -0.3 is 15.0 Å². The Balaban J connectivity index is 1.53. The van der Waals surface area contributed by atoms with Gasteiger partial charge in [-0.1, -0.05) is 12.1 Å². The molecule has 0 atom stereocenters. The molecule has 26 heavy (non-hydrogen) atoms. The van der Waals surface area contributed by atoms with Gasteiger partial charge in [-0.15, -0.1) is 11.6 Å². The zero-order chi connectivity index (χ0) is 18.6. The molecular weight excluding hydrogens is 352 g/mol. The second kappa shape index (κ2) is 8.30. The summed E-state index contributed by atoms with van der Waals surface area (Å²) in [6.07, 6.45) is 4.78. The lowest BCUT2D eigenvalue weighted by molar-refractivity contribution is -0.135. The zero-order valence-corrected chi connectivity index (χ0v) is 16.1. The van der Waals surface area contributed by atoms with E-state index in [1.165, 1.54) is 0 Å². The minimum Gasteiger partial charge on any atom is -0.497 e. The number of carbonyl (C=O) groups excluding carboxylic acids is 2. The molecule has 0 spiro atoms. The van der Waals surface area contributed by atoms with Crippen LogP contribution in [0.5, 0.6) is 5.75 Å². The number of hydrogen-bond donors (Lipinski definition) is 1. The fourth-order valence-electron chi connectivity index (χ4n) is 3.86. The molecule has 1 N–H and O–H groups in total. The van der Waals surface area contributed by atoms with Gasteiger partial charge in [0, 0.05) is 19.6 Å². The minimum atomic E-state index is -0.338. The molecule has 0 bridgehead atoms. The van der Waals surface area contributed by atoms with Crippen LogP contribution in [0.4, 0.5) is 0 Å². The van der Waals surface area contributed by atoms with Gasteiger partial charge in [-0.3, -0.25) is 9.59 Å². The third kappa shape index (κ3) is 4.14. The summed E-state index contributed by atoms with van der Waals surface area (Å²) in [5.74, 6) is 1.52. The Kier molecular flexibility index (Phi) is 6.07. The van der Waals surface area contributed by atoms with Gasteiger partial charge in [0.15, 0.2) is 0 Å². The van der Waals surface area contributed by atoms with Gasteiger partial charge in [0.05, 0.1) is 12.5 Å². The van der Waals surface area contributed by atoms with Crippen LogP contribution in [0.15, 0.2) is 24.3 Å². The van der Waals surface area contributed by atoms with E-state index in [0.29, 0.717) is 12.5 Å². The highest BCUT2D eigenvalue weighted by Gasteiger charge is 2.53. The van der Waals surface area contributed by atoms with Gasteiger partial charge in [-0.25, -0.2) is 0 Å². The van der Waals surface area contributed by atoms with Crippen molar-refractivity contribution in [1.82, 2.24) is 10.2 Å². The highest BCUT2D eigenvalue weighted by molar-refractivity contribution is 6.27. The van der Waals surface area contributed by atoms with Crippen LogP contribution in [0.3, 0.4) is 0 Å². The SMILES string of the molecule is COc1cccc(C2(C(=O)N3CCC(CCNC(=O)CCl)CC3)CC2)c1. The summed E-state index contributed by atoms with van der Waals surface area (Å²) in [4.78, 5) is 26.4. The first-order valence-corrected chi connectivity index (χ1v) is 9.89. The number of rotatable bonds is 7. The van der Waals surface area contributed by atoms with Crippen LogP contribution in [0.2, 0.25) is 0 Å². The molecule has 1 aliphatic carbocycles. The smallest absolute Gasteiger partial charge is 0.234 e. The van der Waals surface area contributed by atoms with E-state index in [1.807, 2.05) is 29.2 Å². The molecule has 3 rings (SSSR count). The third-order valence-electron chi connectivity index (χ3n) is 5.68. The fraction of sp³-hybridized carbons (Fsp3) is 0.600. The predicted molar refractivity (Wildman–Crippen MR) is 102 cm³/mol. The Morgan fingerprint density at radius 1 is 1.31 bits per heavy atom. The van der Waals surface area contributed by atoms with Gasteiger partial charge in [-0.05, 0) is 55.7 Å². The van der Waals surface area contributed by atoms with Crippen molar-refractivity contribution in [3.05, 3.63) is 29.8 Å². The molecule has 1 aliphatic heterocycles. The maximum atomic E-state index is 13.1. The number of nitrogens with one attached hydrogen (secondary N) is 1. The number of benzene rings is 1. The number of hydrogen-bond acceptors (Lipinski definition) is 3. The van der Waals surface area contributed by atoms with E-state index in [4.69, 9.17) is 16.3 Å². The van der Waals surface area contributed by atoms with Gasteiger partial charge >= 0.3 is 0 Å². The first kappa shape index (κ1) is 19.0. The monoisotopic (exact) mass is 378 g/mol. The average Bonchev–Trinajstić information content (AvgIpc) is 3.50. The van der Waals surface area contributed by atoms with Crippen molar-refractivity contribution in [2.45, 2.75) is 37.5 Å². The molecular formula is C20H27ClN2O3. The topological polar surface area (TPSA) is 58.6 Å². The van der Waals surface area contributed by atoms with Crippen molar-refractivity contribution in [3.63, 3.8) is 0 Å². The summed E-state index contributed by atoms with van der Waals surface area (Å²) in [5.41, 5.74) is 0.739. The lowest BCUT2D eigenvalue weighted by atomic mass is 9.90. The Morgan fingerprint density at radius 2 is 2.04 bits per heavy atom. The summed E-state index contributed by atoms with van der Waals surface area (Å²) < 4.78 is 5.32. The molecule has 5 nitrogen and oxygen atoms in total. The quantitative estimate of drug-likeness (QED) is 0.742. The summed E-state index contributed by atoms with van der Waals surface area (Å²) in [7, 11) is 1.65. The lowest BCUT2D eigenvalue weighted by Gasteiger charge is -2.34. The molecule has 2 aliphatic rings. The Labute approximate surface area is 160 Å². The minimum absolute atomic E-state index is 0.0132. The van der Waals surface area contributed by atoms with Crippen molar-refractivity contribution in [3.8, 4) is 5.75 Å². The van der Waals surface area contributed by atoms with Crippen LogP contribution in [0, 0.1) is 5.92 Å². The molecule has 1 saturated carbocycles.